The van der Waals surface area contributed by atoms with Crippen molar-refractivity contribution in [2.75, 3.05) is 17.3 Å². The number of hydrogen-bond donors (Lipinski definition) is 1. The molecule has 4 rings (SSSR count). The molecule has 3 aromatic rings. The van der Waals surface area contributed by atoms with Gasteiger partial charge in [-0.1, -0.05) is 24.4 Å². The summed E-state index contributed by atoms with van der Waals surface area (Å²) in [6.07, 6.45) is 3.53. The van der Waals surface area contributed by atoms with Crippen LogP contribution in [0.25, 0.3) is 10.8 Å². The Balaban J connectivity index is 1.85. The van der Waals surface area contributed by atoms with Gasteiger partial charge in [0.05, 0.1) is 6.20 Å². The number of hydrogen-bond acceptors (Lipinski definition) is 4. The van der Waals surface area contributed by atoms with E-state index in [9.17, 15) is 0 Å². The lowest BCUT2D eigenvalue weighted by Crippen LogP contribution is -2.17. The molecule has 5 heteroatoms. The standard InChI is InChI=1S/C18H16N4S/c1-11-3-4-13-17-14(21-18(13)23)5-6-15(16(11)17)22(2)10-12-7-8-19-20-9-12/h3-9H,10H2,1-2H3,(H,21,23). The Morgan fingerprint density at radius 3 is 2.74 bits per heavy atom. The smallest absolute Gasteiger partial charge is 0.111 e. The maximum absolute atomic E-state index is 5.45. The van der Waals surface area contributed by atoms with Gasteiger partial charge in [0.15, 0.2) is 0 Å². The van der Waals surface area contributed by atoms with Gasteiger partial charge >= 0.3 is 0 Å². The Morgan fingerprint density at radius 2 is 1.96 bits per heavy atom. The second kappa shape index (κ2) is 5.28. The third-order valence-corrected chi connectivity index (χ3v) is 4.64. The summed E-state index contributed by atoms with van der Waals surface area (Å²) >= 11 is 5.45. The highest BCUT2D eigenvalue weighted by atomic mass is 32.1. The van der Waals surface area contributed by atoms with Gasteiger partial charge in [-0.15, -0.1) is 0 Å². The van der Waals surface area contributed by atoms with Crippen molar-refractivity contribution in [3.63, 3.8) is 0 Å². The maximum atomic E-state index is 5.45. The minimum atomic E-state index is 0.783. The largest absolute Gasteiger partial charge is 0.370 e. The van der Waals surface area contributed by atoms with Crippen molar-refractivity contribution in [1.82, 2.24) is 10.2 Å². The molecule has 0 amide bonds. The average Bonchev–Trinajstić information content (AvgIpc) is 2.88. The Kier molecular flexibility index (Phi) is 3.23. The van der Waals surface area contributed by atoms with Crippen LogP contribution >= 0.6 is 12.2 Å². The first-order chi connectivity index (χ1) is 11.1. The number of rotatable bonds is 3. The van der Waals surface area contributed by atoms with Crippen molar-refractivity contribution in [1.29, 1.82) is 0 Å². The van der Waals surface area contributed by atoms with Crippen LogP contribution in [0.15, 0.2) is 42.7 Å². The normalized spacial score (nSPS) is 12.5. The monoisotopic (exact) mass is 320 g/mol. The van der Waals surface area contributed by atoms with Crippen molar-refractivity contribution in [2.45, 2.75) is 13.5 Å². The molecule has 0 bridgehead atoms. The van der Waals surface area contributed by atoms with Gasteiger partial charge < -0.3 is 10.2 Å². The van der Waals surface area contributed by atoms with Crippen molar-refractivity contribution < 1.29 is 0 Å². The quantitative estimate of drug-likeness (QED) is 0.746. The van der Waals surface area contributed by atoms with Crippen molar-refractivity contribution in [2.24, 2.45) is 0 Å². The van der Waals surface area contributed by atoms with E-state index >= 15 is 0 Å². The summed E-state index contributed by atoms with van der Waals surface area (Å²) in [4.78, 5) is 3.05. The van der Waals surface area contributed by atoms with Crippen LogP contribution in [0.3, 0.4) is 0 Å². The zero-order chi connectivity index (χ0) is 16.0. The van der Waals surface area contributed by atoms with Crippen LogP contribution in [-0.4, -0.2) is 22.2 Å². The highest BCUT2D eigenvalue weighted by Gasteiger charge is 2.22. The van der Waals surface area contributed by atoms with E-state index < -0.39 is 0 Å². The van der Waals surface area contributed by atoms with Gasteiger partial charge in [-0.25, -0.2) is 0 Å². The molecule has 114 valence electrons. The van der Waals surface area contributed by atoms with Crippen LogP contribution in [0.2, 0.25) is 0 Å². The van der Waals surface area contributed by atoms with E-state index in [0.717, 1.165) is 28.3 Å². The van der Waals surface area contributed by atoms with Gasteiger partial charge in [0.1, 0.15) is 4.99 Å². The van der Waals surface area contributed by atoms with E-state index in [-0.39, 0.29) is 0 Å². The van der Waals surface area contributed by atoms with E-state index in [0.29, 0.717) is 0 Å². The van der Waals surface area contributed by atoms with E-state index in [1.165, 1.54) is 22.0 Å². The predicted molar refractivity (Wildman–Crippen MR) is 98.1 cm³/mol. The fraction of sp³-hybridized carbons (Fsp3) is 0.167. The molecule has 1 aliphatic heterocycles. The van der Waals surface area contributed by atoms with Crippen LogP contribution in [0.4, 0.5) is 11.4 Å². The number of nitrogens with one attached hydrogen (secondary N) is 1. The number of aromatic nitrogens is 2. The summed E-state index contributed by atoms with van der Waals surface area (Å²) in [5, 5.41) is 13.6. The zero-order valence-corrected chi connectivity index (χ0v) is 13.8. The highest BCUT2D eigenvalue weighted by Crippen LogP contribution is 2.40. The molecular formula is C18H16N4S. The van der Waals surface area contributed by atoms with Gasteiger partial charge in [-0.3, -0.25) is 0 Å². The molecule has 1 aromatic heterocycles. The fourth-order valence-electron chi connectivity index (χ4n) is 3.22. The SMILES string of the molecule is Cc1ccc2c3c(ccc(N(C)Cc4ccnnc4)c13)NC2=S. The highest BCUT2D eigenvalue weighted by molar-refractivity contribution is 7.81. The molecule has 1 aliphatic rings. The lowest BCUT2D eigenvalue weighted by atomic mass is 9.99. The van der Waals surface area contributed by atoms with Crippen molar-refractivity contribution in [3.05, 3.63) is 59.4 Å². The topological polar surface area (TPSA) is 41.1 Å². The van der Waals surface area contributed by atoms with Gasteiger partial charge in [0, 0.05) is 47.5 Å². The maximum Gasteiger partial charge on any atom is 0.111 e. The first-order valence-corrected chi connectivity index (χ1v) is 7.90. The summed E-state index contributed by atoms with van der Waals surface area (Å²) in [6.45, 7) is 2.93. The zero-order valence-electron chi connectivity index (χ0n) is 13.0. The van der Waals surface area contributed by atoms with Gasteiger partial charge in [-0.05, 0) is 36.2 Å². The molecule has 1 N–H and O–H groups in total. The lowest BCUT2D eigenvalue weighted by Gasteiger charge is -2.22. The van der Waals surface area contributed by atoms with Crippen LogP contribution in [-0.2, 0) is 6.54 Å². The first-order valence-electron chi connectivity index (χ1n) is 7.49. The summed E-state index contributed by atoms with van der Waals surface area (Å²) in [5.74, 6) is 0. The Morgan fingerprint density at radius 1 is 1.09 bits per heavy atom. The Bertz CT molecular complexity index is 921. The number of benzene rings is 2. The summed E-state index contributed by atoms with van der Waals surface area (Å²) < 4.78 is 0. The lowest BCUT2D eigenvalue weighted by molar-refractivity contribution is 0.897. The molecule has 2 heterocycles. The average molecular weight is 320 g/mol. The summed E-state index contributed by atoms with van der Waals surface area (Å²) in [5.41, 5.74) is 5.82. The van der Waals surface area contributed by atoms with E-state index in [1.807, 2.05) is 6.07 Å². The minimum Gasteiger partial charge on any atom is -0.370 e. The van der Waals surface area contributed by atoms with E-state index in [2.05, 4.69) is 58.7 Å². The molecular weight excluding hydrogens is 304 g/mol. The van der Waals surface area contributed by atoms with Crippen LogP contribution in [0.5, 0.6) is 0 Å². The first kappa shape index (κ1) is 14.1. The number of nitrogens with zero attached hydrogens (tertiary/aromatic N) is 3. The molecule has 0 radical (unpaired) electrons. The molecule has 0 spiro atoms. The van der Waals surface area contributed by atoms with Gasteiger partial charge in [0.25, 0.3) is 0 Å². The molecule has 0 saturated carbocycles. The molecule has 0 fully saturated rings. The van der Waals surface area contributed by atoms with Gasteiger partial charge in [0.2, 0.25) is 0 Å². The fourth-order valence-corrected chi connectivity index (χ4v) is 3.50. The number of anilines is 2. The van der Waals surface area contributed by atoms with Crippen molar-refractivity contribution >= 4 is 39.4 Å². The van der Waals surface area contributed by atoms with Gasteiger partial charge in [-0.2, -0.15) is 10.2 Å². The summed E-state index contributed by atoms with van der Waals surface area (Å²) in [7, 11) is 2.10. The van der Waals surface area contributed by atoms with Crippen LogP contribution < -0.4 is 10.2 Å². The molecule has 0 atom stereocenters. The predicted octanol–water partition coefficient (Wildman–Crippen LogP) is 3.68. The Hall–Kier alpha value is -2.53. The van der Waals surface area contributed by atoms with E-state index in [1.54, 1.807) is 12.4 Å². The molecule has 2 aromatic carbocycles. The van der Waals surface area contributed by atoms with Crippen molar-refractivity contribution in [3.8, 4) is 0 Å². The summed E-state index contributed by atoms with van der Waals surface area (Å²) in [6, 6.07) is 10.5. The number of aryl methyl sites for hydroxylation is 1. The third kappa shape index (κ3) is 2.24. The molecule has 23 heavy (non-hydrogen) atoms. The second-order valence-electron chi connectivity index (χ2n) is 5.87. The molecule has 0 saturated heterocycles. The third-order valence-electron chi connectivity index (χ3n) is 4.32. The Labute approximate surface area is 140 Å². The van der Waals surface area contributed by atoms with Crippen LogP contribution in [0.1, 0.15) is 16.7 Å². The molecule has 0 aliphatic carbocycles. The van der Waals surface area contributed by atoms with E-state index in [4.69, 9.17) is 12.2 Å². The van der Waals surface area contributed by atoms with Crippen LogP contribution in [0, 0.1) is 6.92 Å². The second-order valence-corrected chi connectivity index (χ2v) is 6.28. The minimum absolute atomic E-state index is 0.783. The molecule has 4 nitrogen and oxygen atoms in total. The molecule has 0 unspecified atom stereocenters. The number of thiocarbonyl (C=S) groups is 1.